The third kappa shape index (κ3) is 7.18. The van der Waals surface area contributed by atoms with E-state index in [9.17, 15) is 18.4 Å². The summed E-state index contributed by atoms with van der Waals surface area (Å²) in [6.07, 6.45) is 4.06. The minimum absolute atomic E-state index is 0.0219. The number of halogens is 2. The highest BCUT2D eigenvalue weighted by Gasteiger charge is 2.04. The average Bonchev–Trinajstić information content (AvgIpc) is 2.49. The van der Waals surface area contributed by atoms with E-state index >= 15 is 0 Å². The highest BCUT2D eigenvalue weighted by atomic mass is 19.3. The van der Waals surface area contributed by atoms with Crippen molar-refractivity contribution >= 4 is 18.0 Å². The molecule has 1 amide bonds. The molecule has 22 heavy (non-hydrogen) atoms. The first-order valence-corrected chi connectivity index (χ1v) is 6.28. The summed E-state index contributed by atoms with van der Waals surface area (Å²) >= 11 is 0. The van der Waals surface area contributed by atoms with Gasteiger partial charge in [-0.3, -0.25) is 4.79 Å². The Morgan fingerprint density at radius 2 is 1.95 bits per heavy atom. The van der Waals surface area contributed by atoms with E-state index in [1.807, 2.05) is 0 Å². The van der Waals surface area contributed by atoms with Crippen LogP contribution in [0.25, 0.3) is 6.08 Å². The van der Waals surface area contributed by atoms with Crippen molar-refractivity contribution in [2.45, 2.75) is 6.61 Å². The number of ether oxygens (including phenoxy) is 2. The number of carbonyl (C=O) groups excluding carboxylic acids is 2. The second-order valence-corrected chi connectivity index (χ2v) is 3.98. The molecule has 0 saturated carbocycles. The maximum Gasteiger partial charge on any atom is 0.387 e. The first-order valence-electron chi connectivity index (χ1n) is 6.28. The quantitative estimate of drug-likeness (QED) is 0.454. The van der Waals surface area contributed by atoms with Crippen molar-refractivity contribution in [2.75, 3.05) is 13.2 Å². The number of hydrogen-bond acceptors (Lipinski definition) is 4. The minimum Gasteiger partial charge on any atom is -0.452 e. The van der Waals surface area contributed by atoms with E-state index < -0.39 is 25.1 Å². The Morgan fingerprint density at radius 3 is 2.55 bits per heavy atom. The predicted molar refractivity (Wildman–Crippen MR) is 76.3 cm³/mol. The molecule has 1 aromatic rings. The average molecular weight is 311 g/mol. The van der Waals surface area contributed by atoms with E-state index in [2.05, 4.69) is 16.6 Å². The molecule has 0 aliphatic carbocycles. The van der Waals surface area contributed by atoms with Crippen molar-refractivity contribution in [3.8, 4) is 5.75 Å². The highest BCUT2D eigenvalue weighted by Crippen LogP contribution is 2.15. The van der Waals surface area contributed by atoms with E-state index in [4.69, 9.17) is 4.74 Å². The molecule has 0 aromatic heterocycles. The molecule has 7 heteroatoms. The maximum absolute atomic E-state index is 12.0. The predicted octanol–water partition coefficient (Wildman–Crippen LogP) is 2.15. The summed E-state index contributed by atoms with van der Waals surface area (Å²) in [5.74, 6) is -1.11. The summed E-state index contributed by atoms with van der Waals surface area (Å²) in [5, 5.41) is 2.45. The first kappa shape index (κ1) is 17.4. The Kier molecular flexibility index (Phi) is 7.32. The molecule has 0 radical (unpaired) electrons. The van der Waals surface area contributed by atoms with Gasteiger partial charge >= 0.3 is 12.6 Å². The number of alkyl halides is 2. The Balaban J connectivity index is 2.41. The van der Waals surface area contributed by atoms with Gasteiger partial charge in [-0.05, 0) is 23.8 Å². The number of nitrogens with one attached hydrogen (secondary N) is 1. The van der Waals surface area contributed by atoms with Crippen molar-refractivity contribution in [3.05, 3.63) is 48.6 Å². The molecule has 0 heterocycles. The maximum atomic E-state index is 12.0. The molecule has 0 spiro atoms. The summed E-state index contributed by atoms with van der Waals surface area (Å²) in [6, 6.07) is 5.69. The van der Waals surface area contributed by atoms with Crippen LogP contribution in [0.2, 0.25) is 0 Å². The van der Waals surface area contributed by atoms with Crippen LogP contribution in [0, 0.1) is 0 Å². The zero-order valence-corrected chi connectivity index (χ0v) is 11.6. The molecule has 1 rings (SSSR count). The number of benzene rings is 1. The largest absolute Gasteiger partial charge is 0.452 e. The molecular weight excluding hydrogens is 296 g/mol. The zero-order chi connectivity index (χ0) is 16.4. The fraction of sp³-hybridized carbons (Fsp3) is 0.200. The van der Waals surface area contributed by atoms with Gasteiger partial charge in [-0.1, -0.05) is 18.2 Å². The summed E-state index contributed by atoms with van der Waals surface area (Å²) < 4.78 is 32.8. The Labute approximate surface area is 126 Å². The van der Waals surface area contributed by atoms with Gasteiger partial charge in [-0.2, -0.15) is 8.78 Å². The SMILES string of the molecule is C=CCNC(=O)COC(=O)/C=C/c1ccc(OC(F)F)cc1. The fourth-order valence-electron chi connectivity index (χ4n) is 1.35. The number of esters is 1. The Hall–Kier alpha value is -2.70. The molecule has 5 nitrogen and oxygen atoms in total. The second kappa shape index (κ2) is 9.28. The number of hydrogen-bond donors (Lipinski definition) is 1. The summed E-state index contributed by atoms with van der Waals surface area (Å²) in [4.78, 5) is 22.5. The van der Waals surface area contributed by atoms with Gasteiger partial charge in [-0.25, -0.2) is 4.79 Å². The molecule has 1 aromatic carbocycles. The van der Waals surface area contributed by atoms with Crippen LogP contribution in [-0.4, -0.2) is 31.6 Å². The first-order chi connectivity index (χ1) is 10.5. The third-order valence-corrected chi connectivity index (χ3v) is 2.31. The van der Waals surface area contributed by atoms with E-state index in [0.29, 0.717) is 12.1 Å². The van der Waals surface area contributed by atoms with Crippen molar-refractivity contribution in [3.63, 3.8) is 0 Å². The summed E-state index contributed by atoms with van der Waals surface area (Å²) in [6.45, 7) is 0.443. The van der Waals surface area contributed by atoms with Crippen LogP contribution in [0.3, 0.4) is 0 Å². The van der Waals surface area contributed by atoms with Gasteiger partial charge in [0.2, 0.25) is 0 Å². The van der Waals surface area contributed by atoms with E-state index in [0.717, 1.165) is 6.08 Å². The van der Waals surface area contributed by atoms with Crippen molar-refractivity contribution in [1.29, 1.82) is 0 Å². The lowest BCUT2D eigenvalue weighted by atomic mass is 10.2. The van der Waals surface area contributed by atoms with Crippen LogP contribution in [0.4, 0.5) is 8.78 Å². The second-order valence-electron chi connectivity index (χ2n) is 3.98. The monoisotopic (exact) mass is 311 g/mol. The summed E-state index contributed by atoms with van der Waals surface area (Å²) in [5.41, 5.74) is 0.592. The van der Waals surface area contributed by atoms with Crippen molar-refractivity contribution < 1.29 is 27.8 Å². The molecule has 0 fully saturated rings. The fourth-order valence-corrected chi connectivity index (χ4v) is 1.35. The van der Waals surface area contributed by atoms with Crippen molar-refractivity contribution in [2.24, 2.45) is 0 Å². The lowest BCUT2D eigenvalue weighted by Crippen LogP contribution is -2.28. The number of amides is 1. The van der Waals surface area contributed by atoms with E-state index in [-0.39, 0.29) is 5.75 Å². The minimum atomic E-state index is -2.89. The Bertz CT molecular complexity index is 541. The van der Waals surface area contributed by atoms with Gasteiger partial charge in [0.15, 0.2) is 6.61 Å². The molecule has 118 valence electrons. The number of rotatable bonds is 8. The standard InChI is InChI=1S/C15H15F2NO4/c1-2-9-18-13(19)10-21-14(20)8-5-11-3-6-12(7-4-11)22-15(16)17/h2-8,15H,1,9-10H2,(H,18,19)/b8-5+. The smallest absolute Gasteiger partial charge is 0.387 e. The van der Waals surface area contributed by atoms with Gasteiger partial charge in [0.25, 0.3) is 5.91 Å². The van der Waals surface area contributed by atoms with Crippen LogP contribution < -0.4 is 10.1 Å². The van der Waals surface area contributed by atoms with Gasteiger partial charge in [0.1, 0.15) is 5.75 Å². The lowest BCUT2D eigenvalue weighted by molar-refractivity contribution is -0.143. The molecule has 0 bridgehead atoms. The highest BCUT2D eigenvalue weighted by molar-refractivity contribution is 5.89. The van der Waals surface area contributed by atoms with Gasteiger partial charge in [0, 0.05) is 12.6 Å². The molecule has 0 saturated heterocycles. The lowest BCUT2D eigenvalue weighted by Gasteiger charge is -2.04. The van der Waals surface area contributed by atoms with E-state index in [1.54, 1.807) is 0 Å². The van der Waals surface area contributed by atoms with Gasteiger partial charge in [-0.15, -0.1) is 6.58 Å². The molecule has 1 N–H and O–H groups in total. The third-order valence-electron chi connectivity index (χ3n) is 2.31. The van der Waals surface area contributed by atoms with Gasteiger partial charge in [0.05, 0.1) is 0 Å². The van der Waals surface area contributed by atoms with Crippen LogP contribution in [0.1, 0.15) is 5.56 Å². The molecule has 0 atom stereocenters. The topological polar surface area (TPSA) is 64.6 Å². The van der Waals surface area contributed by atoms with Crippen LogP contribution in [0.15, 0.2) is 43.0 Å². The molecule has 0 unspecified atom stereocenters. The zero-order valence-electron chi connectivity index (χ0n) is 11.6. The van der Waals surface area contributed by atoms with Crippen LogP contribution in [0.5, 0.6) is 5.75 Å². The molecule has 0 aliphatic heterocycles. The number of carbonyl (C=O) groups is 2. The van der Waals surface area contributed by atoms with Gasteiger partial charge < -0.3 is 14.8 Å². The van der Waals surface area contributed by atoms with Crippen molar-refractivity contribution in [1.82, 2.24) is 5.32 Å². The molecule has 0 aliphatic rings. The Morgan fingerprint density at radius 1 is 1.27 bits per heavy atom. The molecular formula is C15H15F2NO4. The normalized spacial score (nSPS) is 10.5. The summed E-state index contributed by atoms with van der Waals surface area (Å²) in [7, 11) is 0. The van der Waals surface area contributed by atoms with Crippen LogP contribution in [-0.2, 0) is 14.3 Å². The van der Waals surface area contributed by atoms with E-state index in [1.165, 1.54) is 36.4 Å². The van der Waals surface area contributed by atoms with Crippen LogP contribution >= 0.6 is 0 Å².